The van der Waals surface area contributed by atoms with Crippen molar-refractivity contribution in [2.45, 2.75) is 56.8 Å². The zero-order chi connectivity index (χ0) is 21.3. The summed E-state index contributed by atoms with van der Waals surface area (Å²) in [6.07, 6.45) is -1.58. The maximum Gasteiger partial charge on any atom is 0.325 e. The summed E-state index contributed by atoms with van der Waals surface area (Å²) >= 11 is 1.35. The largest absolute Gasteiger partial charge is 0.450 e. The van der Waals surface area contributed by atoms with E-state index in [1.165, 1.54) is 18.3 Å². The van der Waals surface area contributed by atoms with Crippen LogP contribution in [0, 0.1) is 5.41 Å². The van der Waals surface area contributed by atoms with Crippen molar-refractivity contribution in [2.24, 2.45) is 11.1 Å². The summed E-state index contributed by atoms with van der Waals surface area (Å²) < 4.78 is 36.3. The number of primary amides is 1. The molecule has 1 fully saturated rings. The van der Waals surface area contributed by atoms with Crippen LogP contribution in [0.3, 0.4) is 0 Å². The maximum atomic E-state index is 13.0. The molecule has 1 amide bonds. The van der Waals surface area contributed by atoms with E-state index in [4.69, 9.17) is 15.2 Å². The van der Waals surface area contributed by atoms with E-state index in [0.29, 0.717) is 5.56 Å². The van der Waals surface area contributed by atoms with Crippen molar-refractivity contribution in [3.8, 4) is 0 Å². The van der Waals surface area contributed by atoms with E-state index >= 15 is 0 Å². The molecule has 1 aliphatic heterocycles. The van der Waals surface area contributed by atoms with Gasteiger partial charge in [-0.3, -0.25) is 14.4 Å². The predicted octanol–water partition coefficient (Wildman–Crippen LogP) is 1.22. The minimum absolute atomic E-state index is 0.00659. The van der Waals surface area contributed by atoms with Gasteiger partial charge in [0.2, 0.25) is 5.78 Å². The van der Waals surface area contributed by atoms with Gasteiger partial charge < -0.3 is 15.2 Å². The van der Waals surface area contributed by atoms with Gasteiger partial charge in [0.25, 0.3) is 5.91 Å². The second-order valence-corrected chi connectivity index (χ2v) is 11.2. The number of nitrogens with two attached hydrogens (primary N) is 1. The Morgan fingerprint density at radius 1 is 1.43 bits per heavy atom. The quantitative estimate of drug-likeness (QED) is 0.643. The molecule has 28 heavy (non-hydrogen) atoms. The second kappa shape index (κ2) is 7.92. The molecule has 0 aliphatic carbocycles. The molecule has 0 spiro atoms. The van der Waals surface area contributed by atoms with Crippen molar-refractivity contribution in [1.29, 1.82) is 0 Å². The van der Waals surface area contributed by atoms with Gasteiger partial charge in [0, 0.05) is 0 Å². The Kier molecular flexibility index (Phi) is 6.37. The number of hydrogen-bond acceptors (Lipinski definition) is 8. The van der Waals surface area contributed by atoms with Crippen LogP contribution in [0.1, 0.15) is 39.7 Å². The number of rotatable bonds is 7. The van der Waals surface area contributed by atoms with E-state index in [2.05, 4.69) is 0 Å². The SMILES string of the molecule is CC(C)(C)CC(C(=O)OC1C(=O)COC1(C)C(N)=O)S(=O)(=O)Cc1ccsc1. The van der Waals surface area contributed by atoms with Gasteiger partial charge in [0.05, 0.1) is 5.75 Å². The van der Waals surface area contributed by atoms with Crippen molar-refractivity contribution >= 4 is 38.8 Å². The van der Waals surface area contributed by atoms with E-state index < -0.39 is 56.5 Å². The smallest absolute Gasteiger partial charge is 0.325 e. The summed E-state index contributed by atoms with van der Waals surface area (Å²) in [6.45, 7) is 6.19. The Bertz CT molecular complexity index is 855. The average molecular weight is 432 g/mol. The number of amides is 1. The number of Topliss-reactive ketones (excluding diaryl/α,β-unsaturated/α-hetero) is 1. The van der Waals surface area contributed by atoms with Gasteiger partial charge in [0.15, 0.2) is 26.8 Å². The summed E-state index contributed by atoms with van der Waals surface area (Å²) in [5.41, 5.74) is 3.53. The van der Waals surface area contributed by atoms with Crippen molar-refractivity contribution in [1.82, 2.24) is 0 Å². The molecular formula is C18H25NO7S2. The first kappa shape index (κ1) is 22.5. The summed E-state index contributed by atoms with van der Waals surface area (Å²) in [4.78, 5) is 36.6. The first-order chi connectivity index (χ1) is 12.8. The van der Waals surface area contributed by atoms with Crippen LogP contribution in [0.2, 0.25) is 0 Å². The summed E-state index contributed by atoms with van der Waals surface area (Å²) in [5, 5.41) is 1.95. The molecule has 1 aromatic rings. The molecule has 0 aromatic carbocycles. The minimum atomic E-state index is -3.93. The molecule has 1 aromatic heterocycles. The van der Waals surface area contributed by atoms with Crippen molar-refractivity contribution in [3.63, 3.8) is 0 Å². The zero-order valence-electron chi connectivity index (χ0n) is 16.3. The highest BCUT2D eigenvalue weighted by molar-refractivity contribution is 7.92. The normalized spacial score (nSPS) is 24.1. The molecule has 2 heterocycles. The molecule has 1 saturated heterocycles. The zero-order valence-corrected chi connectivity index (χ0v) is 17.9. The van der Waals surface area contributed by atoms with Crippen molar-refractivity contribution < 1.29 is 32.3 Å². The Labute approximate surface area is 168 Å². The van der Waals surface area contributed by atoms with Crippen molar-refractivity contribution in [3.05, 3.63) is 22.4 Å². The number of sulfone groups is 1. The second-order valence-electron chi connectivity index (χ2n) is 8.24. The van der Waals surface area contributed by atoms with E-state index in [1.54, 1.807) is 37.6 Å². The highest BCUT2D eigenvalue weighted by atomic mass is 32.2. The minimum Gasteiger partial charge on any atom is -0.450 e. The molecule has 3 atom stereocenters. The van der Waals surface area contributed by atoms with E-state index in [9.17, 15) is 22.8 Å². The van der Waals surface area contributed by atoms with Crippen molar-refractivity contribution in [2.75, 3.05) is 6.61 Å². The number of ether oxygens (including phenoxy) is 2. The number of thiophene rings is 1. The predicted molar refractivity (Wildman–Crippen MR) is 103 cm³/mol. The van der Waals surface area contributed by atoms with Crippen LogP contribution in [-0.2, 0) is 39.4 Å². The highest BCUT2D eigenvalue weighted by Crippen LogP contribution is 2.31. The van der Waals surface area contributed by atoms with Gasteiger partial charge in [-0.1, -0.05) is 20.8 Å². The van der Waals surface area contributed by atoms with Crippen LogP contribution >= 0.6 is 11.3 Å². The third-order valence-corrected chi connectivity index (χ3v) is 7.17. The van der Waals surface area contributed by atoms with Gasteiger partial charge in [-0.15, -0.1) is 0 Å². The number of hydrogen-bond donors (Lipinski definition) is 1. The van der Waals surface area contributed by atoms with Gasteiger partial charge in [-0.2, -0.15) is 11.3 Å². The maximum absolute atomic E-state index is 13.0. The third kappa shape index (κ3) is 4.98. The van der Waals surface area contributed by atoms with Crippen LogP contribution in [0.4, 0.5) is 0 Å². The van der Waals surface area contributed by atoms with E-state index in [0.717, 1.165) is 0 Å². The van der Waals surface area contributed by atoms with Crippen LogP contribution in [0.5, 0.6) is 0 Å². The lowest BCUT2D eigenvalue weighted by molar-refractivity contribution is -0.165. The molecule has 10 heteroatoms. The Morgan fingerprint density at radius 3 is 2.57 bits per heavy atom. The topological polar surface area (TPSA) is 130 Å². The molecule has 8 nitrogen and oxygen atoms in total. The van der Waals surface area contributed by atoms with Crippen LogP contribution < -0.4 is 5.73 Å². The molecule has 0 bridgehead atoms. The van der Waals surface area contributed by atoms with Gasteiger partial charge in [-0.25, -0.2) is 8.42 Å². The Balaban J connectivity index is 2.31. The number of carbonyl (C=O) groups is 3. The third-order valence-electron chi connectivity index (χ3n) is 4.47. The lowest BCUT2D eigenvalue weighted by Crippen LogP contribution is -2.53. The fourth-order valence-corrected chi connectivity index (χ4v) is 5.59. The van der Waals surface area contributed by atoms with Gasteiger partial charge in [-0.05, 0) is 41.1 Å². The molecule has 2 N–H and O–H groups in total. The molecular weight excluding hydrogens is 406 g/mol. The number of ketones is 1. The van der Waals surface area contributed by atoms with Crippen LogP contribution in [-0.4, -0.2) is 49.6 Å². The molecule has 0 saturated carbocycles. The lowest BCUT2D eigenvalue weighted by atomic mass is 9.90. The average Bonchev–Trinajstić information content (AvgIpc) is 3.15. The van der Waals surface area contributed by atoms with Gasteiger partial charge in [0.1, 0.15) is 6.61 Å². The first-order valence-corrected chi connectivity index (χ1v) is 11.3. The monoisotopic (exact) mass is 431 g/mol. The molecule has 156 valence electrons. The van der Waals surface area contributed by atoms with E-state index in [1.807, 2.05) is 0 Å². The Morgan fingerprint density at radius 2 is 2.07 bits per heavy atom. The molecule has 1 aliphatic rings. The fraction of sp³-hybridized carbons (Fsp3) is 0.611. The number of esters is 1. The first-order valence-electron chi connectivity index (χ1n) is 8.66. The lowest BCUT2D eigenvalue weighted by Gasteiger charge is -2.29. The Hall–Kier alpha value is -1.78. The van der Waals surface area contributed by atoms with Gasteiger partial charge >= 0.3 is 5.97 Å². The summed E-state index contributed by atoms with van der Waals surface area (Å²) in [5.74, 6) is -3.01. The fourth-order valence-electron chi connectivity index (χ4n) is 2.87. The van der Waals surface area contributed by atoms with E-state index in [-0.39, 0.29) is 12.2 Å². The summed E-state index contributed by atoms with van der Waals surface area (Å²) in [7, 11) is -3.93. The number of carbonyl (C=O) groups excluding carboxylic acids is 3. The highest BCUT2D eigenvalue weighted by Gasteiger charge is 2.54. The molecule has 2 rings (SSSR count). The van der Waals surface area contributed by atoms with Crippen LogP contribution in [0.15, 0.2) is 16.8 Å². The molecule has 0 radical (unpaired) electrons. The molecule has 3 unspecified atom stereocenters. The summed E-state index contributed by atoms with van der Waals surface area (Å²) in [6, 6.07) is 1.67. The standard InChI is InChI=1S/C18H25NO7S2/c1-17(2,3)7-13(28(23,24)10-11-5-6-27-9-11)15(21)26-14-12(20)8-25-18(14,4)16(19)22/h5-6,9,13-14H,7-8,10H2,1-4H3,(H2,19,22). The van der Waals surface area contributed by atoms with Crippen LogP contribution in [0.25, 0.3) is 0 Å².